The largest absolute Gasteiger partial charge is 0.335 e. The first kappa shape index (κ1) is 10.6. The Labute approximate surface area is 88.3 Å². The number of nitrogens with zero attached hydrogens (tertiary/aromatic N) is 2. The average Bonchev–Trinajstić information content (AvgIpc) is 2.69. The molecule has 0 radical (unpaired) electrons. The highest BCUT2D eigenvalue weighted by Gasteiger charge is 2.25. The van der Waals surface area contributed by atoms with E-state index in [1.165, 1.54) is 0 Å². The lowest BCUT2D eigenvalue weighted by Crippen LogP contribution is -2.09. The molecule has 1 aromatic rings. The SMILES string of the molecule is Cc1c(S(=O)(=O)F)cnn1C1CCCC1. The van der Waals surface area contributed by atoms with Crippen LogP contribution in [-0.4, -0.2) is 18.2 Å². The first-order chi connectivity index (χ1) is 7.00. The molecule has 2 rings (SSSR count). The molecule has 0 spiro atoms. The van der Waals surface area contributed by atoms with Gasteiger partial charge in [-0.05, 0) is 19.8 Å². The highest BCUT2D eigenvalue weighted by Crippen LogP contribution is 2.31. The molecule has 0 N–H and O–H groups in total. The average molecular weight is 232 g/mol. The van der Waals surface area contributed by atoms with E-state index in [4.69, 9.17) is 0 Å². The predicted octanol–water partition coefficient (Wildman–Crippen LogP) is 1.96. The van der Waals surface area contributed by atoms with Crippen LogP contribution in [0.1, 0.15) is 37.4 Å². The number of rotatable bonds is 2. The van der Waals surface area contributed by atoms with Gasteiger partial charge >= 0.3 is 10.2 Å². The third-order valence-electron chi connectivity index (χ3n) is 2.93. The van der Waals surface area contributed by atoms with Gasteiger partial charge in [0.2, 0.25) is 0 Å². The molecule has 0 aromatic carbocycles. The van der Waals surface area contributed by atoms with E-state index >= 15 is 0 Å². The van der Waals surface area contributed by atoms with E-state index in [9.17, 15) is 12.3 Å². The molecule has 1 aliphatic carbocycles. The van der Waals surface area contributed by atoms with Crippen LogP contribution in [0, 0.1) is 6.92 Å². The smallest absolute Gasteiger partial charge is 0.265 e. The maximum atomic E-state index is 12.8. The Morgan fingerprint density at radius 3 is 2.53 bits per heavy atom. The molecule has 1 fully saturated rings. The molecule has 84 valence electrons. The lowest BCUT2D eigenvalue weighted by Gasteiger charge is -2.11. The Hall–Kier alpha value is -0.910. The van der Waals surface area contributed by atoms with Crippen molar-refractivity contribution in [2.75, 3.05) is 0 Å². The maximum Gasteiger partial charge on any atom is 0.335 e. The van der Waals surface area contributed by atoms with Crippen LogP contribution in [-0.2, 0) is 10.2 Å². The van der Waals surface area contributed by atoms with Crippen molar-refractivity contribution in [3.05, 3.63) is 11.9 Å². The minimum Gasteiger partial charge on any atom is -0.265 e. The van der Waals surface area contributed by atoms with Crippen molar-refractivity contribution in [2.45, 2.75) is 43.5 Å². The molecular formula is C9H13FN2O2S. The summed E-state index contributed by atoms with van der Waals surface area (Å²) in [6.07, 6.45) is 5.34. The van der Waals surface area contributed by atoms with Crippen molar-refractivity contribution >= 4 is 10.2 Å². The lowest BCUT2D eigenvalue weighted by atomic mass is 10.2. The van der Waals surface area contributed by atoms with Gasteiger partial charge in [0.05, 0.1) is 17.9 Å². The highest BCUT2D eigenvalue weighted by atomic mass is 32.3. The van der Waals surface area contributed by atoms with E-state index in [0.29, 0.717) is 5.69 Å². The van der Waals surface area contributed by atoms with Gasteiger partial charge in [-0.1, -0.05) is 12.8 Å². The zero-order chi connectivity index (χ0) is 11.1. The van der Waals surface area contributed by atoms with Crippen LogP contribution < -0.4 is 0 Å². The first-order valence-corrected chi connectivity index (χ1v) is 6.37. The van der Waals surface area contributed by atoms with Gasteiger partial charge in [0, 0.05) is 0 Å². The summed E-state index contributed by atoms with van der Waals surface area (Å²) in [5.41, 5.74) is 0.407. The van der Waals surface area contributed by atoms with Crippen LogP contribution in [0.3, 0.4) is 0 Å². The third-order valence-corrected chi connectivity index (χ3v) is 3.86. The van der Waals surface area contributed by atoms with E-state index in [0.717, 1.165) is 31.9 Å². The minimum atomic E-state index is -4.63. The van der Waals surface area contributed by atoms with Crippen molar-refractivity contribution in [3.63, 3.8) is 0 Å². The summed E-state index contributed by atoms with van der Waals surface area (Å²) < 4.78 is 36.0. The molecule has 0 bridgehead atoms. The zero-order valence-electron chi connectivity index (χ0n) is 8.48. The van der Waals surface area contributed by atoms with Crippen molar-refractivity contribution in [1.29, 1.82) is 0 Å². The summed E-state index contributed by atoms with van der Waals surface area (Å²) in [6, 6.07) is 0.237. The van der Waals surface area contributed by atoms with Gasteiger partial charge < -0.3 is 0 Å². The van der Waals surface area contributed by atoms with Crippen molar-refractivity contribution < 1.29 is 12.3 Å². The second kappa shape index (κ2) is 3.59. The molecule has 6 heteroatoms. The van der Waals surface area contributed by atoms with E-state index in [-0.39, 0.29) is 10.9 Å². The number of halogens is 1. The Morgan fingerprint density at radius 2 is 2.07 bits per heavy atom. The normalized spacial score (nSPS) is 18.5. The van der Waals surface area contributed by atoms with Crippen LogP contribution in [0.2, 0.25) is 0 Å². The van der Waals surface area contributed by atoms with E-state index in [1.54, 1.807) is 11.6 Å². The standard InChI is InChI=1S/C9H13FN2O2S/c1-7-9(15(10,13)14)6-11-12(7)8-4-2-3-5-8/h6,8H,2-5H2,1H3. The second-order valence-electron chi connectivity index (χ2n) is 3.91. The lowest BCUT2D eigenvalue weighted by molar-refractivity contribution is 0.455. The third kappa shape index (κ3) is 1.90. The Bertz CT molecular complexity index is 460. The number of aromatic nitrogens is 2. The maximum absolute atomic E-state index is 12.8. The summed E-state index contributed by atoms with van der Waals surface area (Å²) in [5, 5.41) is 3.96. The highest BCUT2D eigenvalue weighted by molar-refractivity contribution is 7.86. The Morgan fingerprint density at radius 1 is 1.47 bits per heavy atom. The topological polar surface area (TPSA) is 52.0 Å². The first-order valence-electron chi connectivity index (χ1n) is 4.99. The fourth-order valence-electron chi connectivity index (χ4n) is 2.16. The Kier molecular flexibility index (Phi) is 2.54. The summed E-state index contributed by atoms with van der Waals surface area (Å²) in [6.45, 7) is 1.60. The van der Waals surface area contributed by atoms with Crippen molar-refractivity contribution in [1.82, 2.24) is 9.78 Å². The second-order valence-corrected chi connectivity index (χ2v) is 5.23. The van der Waals surface area contributed by atoms with Crippen molar-refractivity contribution in [2.24, 2.45) is 0 Å². The molecule has 1 aromatic heterocycles. The van der Waals surface area contributed by atoms with Gasteiger partial charge in [0.15, 0.2) is 0 Å². The van der Waals surface area contributed by atoms with Crippen LogP contribution in [0.4, 0.5) is 3.89 Å². The molecule has 15 heavy (non-hydrogen) atoms. The molecule has 0 unspecified atom stereocenters. The number of hydrogen-bond donors (Lipinski definition) is 0. The summed E-state index contributed by atoms with van der Waals surface area (Å²) in [7, 11) is -4.63. The molecule has 1 aliphatic rings. The molecule has 0 atom stereocenters. The fourth-order valence-corrected chi connectivity index (χ4v) is 2.78. The zero-order valence-corrected chi connectivity index (χ0v) is 9.30. The Balaban J connectivity index is 2.39. The van der Waals surface area contributed by atoms with Crippen molar-refractivity contribution in [3.8, 4) is 0 Å². The molecule has 1 saturated carbocycles. The predicted molar refractivity (Wildman–Crippen MR) is 52.8 cm³/mol. The van der Waals surface area contributed by atoms with Gasteiger partial charge in [-0.3, -0.25) is 4.68 Å². The molecule has 0 saturated heterocycles. The van der Waals surface area contributed by atoms with Gasteiger partial charge in [-0.15, -0.1) is 3.89 Å². The van der Waals surface area contributed by atoms with Gasteiger partial charge in [0.1, 0.15) is 4.90 Å². The summed E-state index contributed by atoms with van der Waals surface area (Å²) >= 11 is 0. The van der Waals surface area contributed by atoms with E-state index in [2.05, 4.69) is 5.10 Å². The van der Waals surface area contributed by atoms with Gasteiger partial charge in [-0.2, -0.15) is 13.5 Å². The van der Waals surface area contributed by atoms with Crippen LogP contribution >= 0.6 is 0 Å². The van der Waals surface area contributed by atoms with Gasteiger partial charge in [0.25, 0.3) is 0 Å². The molecule has 1 heterocycles. The molecule has 0 aliphatic heterocycles. The van der Waals surface area contributed by atoms with Crippen LogP contribution in [0.5, 0.6) is 0 Å². The van der Waals surface area contributed by atoms with Gasteiger partial charge in [-0.25, -0.2) is 0 Å². The molecule has 0 amide bonds. The quantitative estimate of drug-likeness (QED) is 0.732. The summed E-state index contributed by atoms with van der Waals surface area (Å²) in [5.74, 6) is 0. The van der Waals surface area contributed by atoms with Crippen LogP contribution in [0.25, 0.3) is 0 Å². The van der Waals surface area contributed by atoms with E-state index in [1.807, 2.05) is 0 Å². The summed E-state index contributed by atoms with van der Waals surface area (Å²) in [4.78, 5) is -0.297. The molecular weight excluding hydrogens is 219 g/mol. The van der Waals surface area contributed by atoms with Crippen LogP contribution in [0.15, 0.2) is 11.1 Å². The monoisotopic (exact) mass is 232 g/mol. The minimum absolute atomic E-state index is 0.237. The van der Waals surface area contributed by atoms with E-state index < -0.39 is 10.2 Å². The fraction of sp³-hybridized carbons (Fsp3) is 0.667. The number of hydrogen-bond acceptors (Lipinski definition) is 3. The molecule has 4 nitrogen and oxygen atoms in total.